The van der Waals surface area contributed by atoms with E-state index in [0.717, 1.165) is 19.6 Å². The number of hydrogen-bond acceptors (Lipinski definition) is 3. The highest BCUT2D eigenvalue weighted by atomic mass is 35.5. The van der Waals surface area contributed by atoms with Crippen LogP contribution in [0.2, 0.25) is 5.02 Å². The Morgan fingerprint density at radius 3 is 3.24 bits per heavy atom. The Morgan fingerprint density at radius 1 is 1.59 bits per heavy atom. The average molecular weight is 268 g/mol. The van der Waals surface area contributed by atoms with E-state index in [9.17, 15) is 0 Å². The lowest BCUT2D eigenvalue weighted by Gasteiger charge is -2.33. The molecule has 2 aromatic rings. The summed E-state index contributed by atoms with van der Waals surface area (Å²) in [6.45, 7) is 4.16. The smallest absolute Gasteiger partial charge is 0.0934 e. The number of hydrogen-bond donors (Lipinski definition) is 0. The minimum atomic E-state index is 0.466. The minimum absolute atomic E-state index is 0.466. The van der Waals surface area contributed by atoms with Gasteiger partial charge >= 0.3 is 0 Å². The van der Waals surface area contributed by atoms with Crippen LogP contribution in [0.3, 0.4) is 0 Å². The zero-order valence-electron chi connectivity index (χ0n) is 9.64. The Morgan fingerprint density at radius 2 is 2.47 bits per heavy atom. The van der Waals surface area contributed by atoms with Crippen LogP contribution in [0, 0.1) is 0 Å². The van der Waals surface area contributed by atoms with Gasteiger partial charge in [-0.05, 0) is 30.4 Å². The van der Waals surface area contributed by atoms with Gasteiger partial charge in [-0.1, -0.05) is 11.6 Å². The molecule has 1 aliphatic rings. The molecule has 0 aromatic carbocycles. The summed E-state index contributed by atoms with van der Waals surface area (Å²) in [5.74, 6) is 0. The first kappa shape index (κ1) is 11.3. The highest BCUT2D eigenvalue weighted by Gasteiger charge is 2.24. The number of fused-ring (bicyclic) bond motifs is 1. The Labute approximate surface area is 110 Å². The van der Waals surface area contributed by atoms with Crippen LogP contribution in [0.1, 0.15) is 23.4 Å². The molecule has 17 heavy (non-hydrogen) atoms. The van der Waals surface area contributed by atoms with Crippen molar-refractivity contribution in [3.63, 3.8) is 0 Å². The first-order valence-corrected chi connectivity index (χ1v) is 6.98. The monoisotopic (exact) mass is 267 g/mol. The van der Waals surface area contributed by atoms with Gasteiger partial charge in [-0.2, -0.15) is 5.10 Å². The second-order valence-corrected chi connectivity index (χ2v) is 5.81. The molecule has 0 amide bonds. The van der Waals surface area contributed by atoms with Gasteiger partial charge in [0.2, 0.25) is 0 Å². The summed E-state index contributed by atoms with van der Waals surface area (Å²) in [6.07, 6.45) is 4.70. The van der Waals surface area contributed by atoms with Crippen LogP contribution in [-0.2, 0) is 13.1 Å². The van der Waals surface area contributed by atoms with Gasteiger partial charge in [0.25, 0.3) is 0 Å². The fraction of sp³-hybridized carbons (Fsp3) is 0.417. The Balaban J connectivity index is 1.78. The number of nitrogens with zero attached hydrogens (tertiary/aromatic N) is 3. The molecule has 1 aliphatic heterocycles. The third-order valence-corrected chi connectivity index (χ3v) is 4.52. The van der Waals surface area contributed by atoms with Gasteiger partial charge in [0.15, 0.2) is 0 Å². The van der Waals surface area contributed by atoms with E-state index in [1.54, 1.807) is 6.20 Å². The van der Waals surface area contributed by atoms with Crippen molar-refractivity contribution in [3.8, 4) is 0 Å². The fourth-order valence-electron chi connectivity index (χ4n) is 2.36. The standard InChI is InChI=1S/C12H14ClN3S/c1-9-11-3-5-17-12(11)2-4-15(9)8-16-7-10(13)6-14-16/h3,5-7,9H,2,4,8H2,1H3. The van der Waals surface area contributed by atoms with Crippen molar-refractivity contribution < 1.29 is 0 Å². The number of thiophene rings is 1. The predicted molar refractivity (Wildman–Crippen MR) is 70.4 cm³/mol. The Hall–Kier alpha value is -0.840. The van der Waals surface area contributed by atoms with Gasteiger partial charge in [-0.25, -0.2) is 0 Å². The number of aromatic nitrogens is 2. The van der Waals surface area contributed by atoms with E-state index in [0.29, 0.717) is 11.1 Å². The van der Waals surface area contributed by atoms with Crippen molar-refractivity contribution in [3.05, 3.63) is 39.3 Å². The molecule has 3 nitrogen and oxygen atoms in total. The van der Waals surface area contributed by atoms with Crippen LogP contribution in [-0.4, -0.2) is 21.2 Å². The van der Waals surface area contributed by atoms with E-state index in [-0.39, 0.29) is 0 Å². The molecule has 2 aromatic heterocycles. The average Bonchev–Trinajstić information content (AvgIpc) is 2.92. The SMILES string of the molecule is CC1c2ccsc2CCN1Cn1cc(Cl)cn1. The minimum Gasteiger partial charge on any atom is -0.277 e. The molecule has 0 N–H and O–H groups in total. The summed E-state index contributed by atoms with van der Waals surface area (Å²) in [4.78, 5) is 3.96. The second kappa shape index (κ2) is 4.44. The van der Waals surface area contributed by atoms with Crippen LogP contribution in [0.4, 0.5) is 0 Å². The molecule has 3 heterocycles. The van der Waals surface area contributed by atoms with Gasteiger partial charge in [0, 0.05) is 23.7 Å². The lowest BCUT2D eigenvalue weighted by Crippen LogP contribution is -2.34. The van der Waals surface area contributed by atoms with E-state index in [1.165, 1.54) is 10.4 Å². The van der Waals surface area contributed by atoms with Gasteiger partial charge in [-0.3, -0.25) is 9.58 Å². The van der Waals surface area contributed by atoms with Crippen molar-refractivity contribution in [2.24, 2.45) is 0 Å². The lowest BCUT2D eigenvalue weighted by molar-refractivity contribution is 0.145. The van der Waals surface area contributed by atoms with Crippen molar-refractivity contribution in [1.29, 1.82) is 0 Å². The molecule has 0 saturated carbocycles. The van der Waals surface area contributed by atoms with Crippen LogP contribution >= 0.6 is 22.9 Å². The first-order valence-electron chi connectivity index (χ1n) is 5.72. The van der Waals surface area contributed by atoms with Crippen LogP contribution < -0.4 is 0 Å². The molecular formula is C12H14ClN3S. The molecule has 1 unspecified atom stereocenters. The van der Waals surface area contributed by atoms with E-state index >= 15 is 0 Å². The van der Waals surface area contributed by atoms with E-state index in [4.69, 9.17) is 11.6 Å². The summed E-state index contributed by atoms with van der Waals surface area (Å²) in [6, 6.07) is 2.71. The molecule has 5 heteroatoms. The third kappa shape index (κ3) is 2.12. The highest BCUT2D eigenvalue weighted by Crippen LogP contribution is 2.32. The zero-order chi connectivity index (χ0) is 11.8. The largest absolute Gasteiger partial charge is 0.277 e. The summed E-state index contributed by atoms with van der Waals surface area (Å²) in [7, 11) is 0. The van der Waals surface area contributed by atoms with E-state index in [2.05, 4.69) is 28.4 Å². The third-order valence-electron chi connectivity index (χ3n) is 3.33. The van der Waals surface area contributed by atoms with E-state index < -0.39 is 0 Å². The predicted octanol–water partition coefficient (Wildman–Crippen LogP) is 3.17. The summed E-state index contributed by atoms with van der Waals surface area (Å²) >= 11 is 7.75. The summed E-state index contributed by atoms with van der Waals surface area (Å²) < 4.78 is 1.90. The van der Waals surface area contributed by atoms with Crippen molar-refractivity contribution in [2.45, 2.75) is 26.1 Å². The van der Waals surface area contributed by atoms with Crippen LogP contribution in [0.5, 0.6) is 0 Å². The molecule has 1 atom stereocenters. The number of rotatable bonds is 2. The van der Waals surface area contributed by atoms with Gasteiger partial charge in [0.1, 0.15) is 0 Å². The quantitative estimate of drug-likeness (QED) is 0.833. The van der Waals surface area contributed by atoms with Crippen LogP contribution in [0.25, 0.3) is 0 Å². The van der Waals surface area contributed by atoms with Crippen molar-refractivity contribution >= 4 is 22.9 Å². The van der Waals surface area contributed by atoms with Gasteiger partial charge < -0.3 is 0 Å². The summed E-state index contributed by atoms with van der Waals surface area (Å²) in [5.41, 5.74) is 1.47. The van der Waals surface area contributed by atoms with Gasteiger partial charge in [-0.15, -0.1) is 11.3 Å². The Kier molecular flexibility index (Phi) is 2.94. The van der Waals surface area contributed by atoms with Crippen molar-refractivity contribution in [1.82, 2.24) is 14.7 Å². The van der Waals surface area contributed by atoms with Crippen LogP contribution in [0.15, 0.2) is 23.8 Å². The molecule has 0 aliphatic carbocycles. The maximum Gasteiger partial charge on any atom is 0.0934 e. The zero-order valence-corrected chi connectivity index (χ0v) is 11.2. The molecule has 0 spiro atoms. The molecule has 0 fully saturated rings. The maximum absolute atomic E-state index is 5.88. The van der Waals surface area contributed by atoms with Crippen molar-refractivity contribution in [2.75, 3.05) is 6.54 Å². The maximum atomic E-state index is 5.88. The summed E-state index contributed by atoms with van der Waals surface area (Å²) in [5, 5.41) is 7.12. The molecule has 0 radical (unpaired) electrons. The highest BCUT2D eigenvalue weighted by molar-refractivity contribution is 7.10. The normalized spacial score (nSPS) is 20.5. The van der Waals surface area contributed by atoms with E-state index in [1.807, 2.05) is 22.2 Å². The molecule has 3 rings (SSSR count). The topological polar surface area (TPSA) is 21.1 Å². The molecular weight excluding hydrogens is 254 g/mol. The Bertz CT molecular complexity index is 519. The number of halogens is 1. The molecule has 0 saturated heterocycles. The fourth-order valence-corrected chi connectivity index (χ4v) is 3.48. The second-order valence-electron chi connectivity index (χ2n) is 4.38. The molecule has 0 bridgehead atoms. The lowest BCUT2D eigenvalue weighted by atomic mass is 10.0. The van der Waals surface area contributed by atoms with Gasteiger partial charge in [0.05, 0.1) is 17.9 Å². The molecule has 90 valence electrons. The first-order chi connectivity index (χ1) is 8.24.